The molecule has 0 aliphatic carbocycles. The third-order valence-corrected chi connectivity index (χ3v) is 2.97. The van der Waals surface area contributed by atoms with Crippen LogP contribution in [0.5, 0.6) is 0 Å². The number of aliphatic carboxylic acids is 1. The highest BCUT2D eigenvalue weighted by Crippen LogP contribution is 2.28. The van der Waals surface area contributed by atoms with Crippen molar-refractivity contribution in [2.75, 3.05) is 0 Å². The highest BCUT2D eigenvalue weighted by Gasteiger charge is 2.08. The van der Waals surface area contributed by atoms with E-state index in [0.29, 0.717) is 0 Å². The van der Waals surface area contributed by atoms with Crippen LogP contribution in [-0.4, -0.2) is 10.5 Å². The van der Waals surface area contributed by atoms with E-state index >= 15 is 0 Å². The number of aromatic nitrogens is 1. The lowest BCUT2D eigenvalue weighted by atomic mass is 10.2. The molecule has 0 N–H and O–H groups in total. The molecule has 1 heterocycles. The van der Waals surface area contributed by atoms with Gasteiger partial charge in [-0.15, -0.1) is 0 Å². The molecule has 0 aliphatic heterocycles. The minimum atomic E-state index is -1.07. The summed E-state index contributed by atoms with van der Waals surface area (Å²) in [4.78, 5) is 10.8. The number of carbonyl (C=O) groups is 1. The Hall–Kier alpha value is -2.29. The van der Waals surface area contributed by atoms with Gasteiger partial charge in [0.15, 0.2) is 0 Å². The van der Waals surface area contributed by atoms with Gasteiger partial charge in [-0.2, -0.15) is 0 Å². The van der Waals surface area contributed by atoms with Crippen LogP contribution in [0.1, 0.15) is 0 Å². The quantitative estimate of drug-likeness (QED) is 0.662. The maximum atomic E-state index is 10.8. The Morgan fingerprint density at radius 1 is 0.941 bits per heavy atom. The lowest BCUT2D eigenvalue weighted by Crippen LogP contribution is -2.27. The molecule has 0 aliphatic rings. The summed E-state index contributed by atoms with van der Waals surface area (Å²) in [5.41, 5.74) is 1.86. The second-order valence-corrected chi connectivity index (χ2v) is 3.99. The molecule has 0 radical (unpaired) electrons. The molecule has 0 spiro atoms. The zero-order valence-electron chi connectivity index (χ0n) is 9.09. The van der Waals surface area contributed by atoms with E-state index in [2.05, 4.69) is 0 Å². The summed E-state index contributed by atoms with van der Waals surface area (Å²) in [6.45, 7) is -0.117. The van der Waals surface area contributed by atoms with Crippen LogP contribution in [0.2, 0.25) is 0 Å². The molecule has 84 valence electrons. The Balaban J connectivity index is 2.45. The fourth-order valence-corrected chi connectivity index (χ4v) is 2.30. The standard InChI is InChI=1S/C14H11NO2/c16-14(17)9-15-12-7-3-1-5-10(12)11-6-2-4-8-13(11)15/h1-8H,9H2,(H,16,17)/p-1. The maximum Gasteiger partial charge on any atom is 0.0627 e. The van der Waals surface area contributed by atoms with E-state index in [1.807, 2.05) is 48.5 Å². The van der Waals surface area contributed by atoms with Gasteiger partial charge in [0.25, 0.3) is 0 Å². The van der Waals surface area contributed by atoms with Crippen molar-refractivity contribution in [1.82, 2.24) is 4.57 Å². The van der Waals surface area contributed by atoms with Crippen molar-refractivity contribution in [3.05, 3.63) is 48.5 Å². The zero-order chi connectivity index (χ0) is 11.8. The molecule has 2 aromatic carbocycles. The summed E-state index contributed by atoms with van der Waals surface area (Å²) >= 11 is 0. The number of carboxylic acids is 1. The first-order chi connectivity index (χ1) is 8.27. The summed E-state index contributed by atoms with van der Waals surface area (Å²) < 4.78 is 1.78. The minimum absolute atomic E-state index is 0.117. The van der Waals surface area contributed by atoms with Gasteiger partial charge in [-0.25, -0.2) is 0 Å². The van der Waals surface area contributed by atoms with E-state index in [0.717, 1.165) is 21.8 Å². The number of para-hydroxylation sites is 2. The van der Waals surface area contributed by atoms with Crippen LogP contribution >= 0.6 is 0 Å². The monoisotopic (exact) mass is 224 g/mol. The molecule has 3 heteroatoms. The summed E-state index contributed by atoms with van der Waals surface area (Å²) in [6, 6.07) is 15.6. The number of nitrogens with zero attached hydrogens (tertiary/aromatic N) is 1. The van der Waals surface area contributed by atoms with Gasteiger partial charge in [0.2, 0.25) is 0 Å². The van der Waals surface area contributed by atoms with E-state index in [1.54, 1.807) is 4.57 Å². The van der Waals surface area contributed by atoms with Crippen LogP contribution < -0.4 is 5.11 Å². The predicted octanol–water partition coefficient (Wildman–Crippen LogP) is 1.54. The molecular formula is C14H10NO2-. The van der Waals surface area contributed by atoms with Crippen molar-refractivity contribution < 1.29 is 9.90 Å². The maximum absolute atomic E-state index is 10.8. The van der Waals surface area contributed by atoms with Gasteiger partial charge in [-0.3, -0.25) is 0 Å². The van der Waals surface area contributed by atoms with Gasteiger partial charge < -0.3 is 14.5 Å². The fraction of sp³-hybridized carbons (Fsp3) is 0.0714. The SMILES string of the molecule is O=C([O-])Cn1c2ccccc2c2ccccc21. The van der Waals surface area contributed by atoms with Crippen molar-refractivity contribution in [3.8, 4) is 0 Å². The Morgan fingerprint density at radius 3 is 1.88 bits per heavy atom. The number of carboxylic acid groups (broad SMARTS) is 1. The number of fused-ring (bicyclic) bond motifs is 3. The average Bonchev–Trinajstić information content (AvgIpc) is 2.65. The number of hydrogen-bond acceptors (Lipinski definition) is 2. The van der Waals surface area contributed by atoms with Crippen molar-refractivity contribution >= 4 is 27.8 Å². The third-order valence-electron chi connectivity index (χ3n) is 2.97. The predicted molar refractivity (Wildman–Crippen MR) is 64.5 cm³/mol. The van der Waals surface area contributed by atoms with E-state index in [-0.39, 0.29) is 6.54 Å². The van der Waals surface area contributed by atoms with Crippen molar-refractivity contribution in [1.29, 1.82) is 0 Å². The first-order valence-corrected chi connectivity index (χ1v) is 5.43. The Labute approximate surface area is 97.9 Å². The summed E-state index contributed by atoms with van der Waals surface area (Å²) in [5.74, 6) is -1.07. The van der Waals surface area contributed by atoms with Gasteiger partial charge in [0.1, 0.15) is 0 Å². The molecule has 0 atom stereocenters. The first-order valence-electron chi connectivity index (χ1n) is 5.43. The van der Waals surface area contributed by atoms with Crippen LogP contribution in [0.15, 0.2) is 48.5 Å². The van der Waals surface area contributed by atoms with Crippen LogP contribution in [0.25, 0.3) is 21.8 Å². The van der Waals surface area contributed by atoms with Crippen LogP contribution in [0.3, 0.4) is 0 Å². The highest BCUT2D eigenvalue weighted by molar-refractivity contribution is 6.08. The number of benzene rings is 2. The van der Waals surface area contributed by atoms with E-state index in [4.69, 9.17) is 0 Å². The number of hydrogen-bond donors (Lipinski definition) is 0. The molecule has 3 aromatic rings. The zero-order valence-corrected chi connectivity index (χ0v) is 9.09. The van der Waals surface area contributed by atoms with Crippen molar-refractivity contribution in [2.24, 2.45) is 0 Å². The molecule has 3 nitrogen and oxygen atoms in total. The third kappa shape index (κ3) is 1.47. The number of carbonyl (C=O) groups excluding carboxylic acids is 1. The summed E-state index contributed by atoms with van der Waals surface area (Å²) in [6.07, 6.45) is 0. The van der Waals surface area contributed by atoms with E-state index in [9.17, 15) is 9.90 Å². The van der Waals surface area contributed by atoms with Gasteiger partial charge in [-0.05, 0) is 12.1 Å². The lowest BCUT2D eigenvalue weighted by Gasteiger charge is -2.07. The van der Waals surface area contributed by atoms with Crippen molar-refractivity contribution in [2.45, 2.75) is 6.54 Å². The molecule has 0 saturated heterocycles. The average molecular weight is 224 g/mol. The summed E-state index contributed by atoms with van der Waals surface area (Å²) in [5, 5.41) is 13.0. The molecule has 0 saturated carbocycles. The van der Waals surface area contributed by atoms with Crippen LogP contribution in [0.4, 0.5) is 0 Å². The largest absolute Gasteiger partial charge is 0.548 e. The topological polar surface area (TPSA) is 45.1 Å². The Kier molecular flexibility index (Phi) is 2.11. The fourth-order valence-electron chi connectivity index (χ4n) is 2.30. The molecule has 0 fully saturated rings. The van der Waals surface area contributed by atoms with Gasteiger partial charge >= 0.3 is 0 Å². The minimum Gasteiger partial charge on any atom is -0.548 e. The van der Waals surface area contributed by atoms with Crippen molar-refractivity contribution in [3.63, 3.8) is 0 Å². The van der Waals surface area contributed by atoms with E-state index < -0.39 is 5.97 Å². The van der Waals surface area contributed by atoms with E-state index in [1.165, 1.54) is 0 Å². The molecule has 0 unspecified atom stereocenters. The second-order valence-electron chi connectivity index (χ2n) is 3.99. The number of rotatable bonds is 2. The molecule has 0 bridgehead atoms. The molecule has 1 aromatic heterocycles. The van der Waals surface area contributed by atoms with Gasteiger partial charge in [0, 0.05) is 21.8 Å². The molecule has 0 amide bonds. The van der Waals surface area contributed by atoms with Crippen LogP contribution in [0, 0.1) is 0 Å². The smallest absolute Gasteiger partial charge is 0.0627 e. The Bertz CT molecular complexity index is 659. The normalized spacial score (nSPS) is 11.1. The first kappa shape index (κ1) is 9.90. The molecule has 3 rings (SSSR count). The lowest BCUT2D eigenvalue weighted by molar-refractivity contribution is -0.306. The Morgan fingerprint density at radius 2 is 1.41 bits per heavy atom. The van der Waals surface area contributed by atoms with Gasteiger partial charge in [0.05, 0.1) is 12.5 Å². The van der Waals surface area contributed by atoms with Crippen LogP contribution in [-0.2, 0) is 11.3 Å². The highest BCUT2D eigenvalue weighted by atomic mass is 16.4. The summed E-state index contributed by atoms with van der Waals surface area (Å²) in [7, 11) is 0. The molecule has 17 heavy (non-hydrogen) atoms. The molecular weight excluding hydrogens is 214 g/mol. The second kappa shape index (κ2) is 3.63. The van der Waals surface area contributed by atoms with Gasteiger partial charge in [-0.1, -0.05) is 36.4 Å².